The Labute approximate surface area is 455 Å². The molecule has 2 atom stereocenters. The lowest BCUT2D eigenvalue weighted by Crippen LogP contribution is -2.45. The van der Waals surface area contributed by atoms with Crippen molar-refractivity contribution in [3.8, 4) is 0 Å². The van der Waals surface area contributed by atoms with Crippen molar-refractivity contribution in [1.82, 2.24) is 5.32 Å². The summed E-state index contributed by atoms with van der Waals surface area (Å²) in [4.78, 5) is 24.5. The van der Waals surface area contributed by atoms with Crippen molar-refractivity contribution in [1.29, 1.82) is 0 Å². The van der Waals surface area contributed by atoms with E-state index in [2.05, 4.69) is 55.6 Å². The number of amides is 1. The number of unbranched alkanes of at least 4 members (excludes halogenated alkanes) is 43. The van der Waals surface area contributed by atoms with Gasteiger partial charge in [0.2, 0.25) is 5.91 Å². The molecule has 428 valence electrons. The van der Waals surface area contributed by atoms with Crippen LogP contribution < -0.4 is 5.32 Å². The quantitative estimate of drug-likeness (QED) is 0.0320. The van der Waals surface area contributed by atoms with Gasteiger partial charge in [-0.15, -0.1) is 0 Å². The van der Waals surface area contributed by atoms with E-state index in [1.807, 2.05) is 6.08 Å². The van der Waals surface area contributed by atoms with E-state index in [9.17, 15) is 19.8 Å². The van der Waals surface area contributed by atoms with Crippen LogP contribution in [0.4, 0.5) is 0 Å². The third kappa shape index (κ3) is 58.9. The Bertz CT molecular complexity index is 1230. The largest absolute Gasteiger partial charge is 0.466 e. The molecule has 0 rings (SSSR count). The summed E-state index contributed by atoms with van der Waals surface area (Å²) in [6, 6.07) is -0.641. The number of allylic oxidation sites excluding steroid dienone is 7. The van der Waals surface area contributed by atoms with Gasteiger partial charge in [-0.1, -0.05) is 294 Å². The molecule has 6 heteroatoms. The number of carbonyl (C=O) groups is 2. The van der Waals surface area contributed by atoms with Crippen LogP contribution in [0.1, 0.15) is 341 Å². The lowest BCUT2D eigenvalue weighted by atomic mass is 10.0. The summed E-state index contributed by atoms with van der Waals surface area (Å²) in [7, 11) is 0. The van der Waals surface area contributed by atoms with Gasteiger partial charge >= 0.3 is 5.97 Å². The second-order valence-electron chi connectivity index (χ2n) is 22.1. The van der Waals surface area contributed by atoms with Crippen molar-refractivity contribution in [3.63, 3.8) is 0 Å². The minimum absolute atomic E-state index is 0.0132. The van der Waals surface area contributed by atoms with Crippen LogP contribution >= 0.6 is 0 Å². The zero-order valence-electron chi connectivity index (χ0n) is 48.9. The molecule has 0 bridgehead atoms. The van der Waals surface area contributed by atoms with Crippen LogP contribution in [0.3, 0.4) is 0 Å². The molecule has 0 aromatic rings. The number of hydrogen-bond donors (Lipinski definition) is 3. The van der Waals surface area contributed by atoms with Crippen molar-refractivity contribution in [3.05, 3.63) is 48.6 Å². The van der Waals surface area contributed by atoms with Crippen LogP contribution in [-0.2, 0) is 14.3 Å². The number of carbonyl (C=O) groups excluding carboxylic acids is 2. The van der Waals surface area contributed by atoms with E-state index < -0.39 is 12.1 Å². The number of nitrogens with one attached hydrogen (secondary N) is 1. The Hall–Kier alpha value is -2.18. The molecule has 0 saturated heterocycles. The number of aliphatic hydroxyl groups is 2. The standard InChI is InChI=1S/C67H125NO5/c1-3-5-7-9-11-13-15-17-18-19-20-21-22-23-24-25-26-29-32-36-39-43-47-51-55-59-65(70)64(63-69)68-66(71)60-56-52-48-44-40-37-33-30-27-28-31-34-38-42-46-50-54-58-62-73-67(72)61-57-53-49-45-41-35-16-14-12-10-8-6-4-2/h8,10,14,16,30,33,55,59,64-65,69-70H,3-7,9,11-13,15,17-29,31-32,34-54,56-58,60-63H2,1-2H3,(H,68,71)/b10-8-,16-14-,33-30-,59-55+. The lowest BCUT2D eigenvalue weighted by Gasteiger charge is -2.20. The van der Waals surface area contributed by atoms with Gasteiger partial charge < -0.3 is 20.3 Å². The first-order chi connectivity index (χ1) is 36.0. The average Bonchev–Trinajstić information content (AvgIpc) is 3.39. The Balaban J connectivity index is 3.49. The molecule has 0 heterocycles. The highest BCUT2D eigenvalue weighted by atomic mass is 16.5. The van der Waals surface area contributed by atoms with Crippen LogP contribution in [-0.4, -0.2) is 47.4 Å². The summed E-state index contributed by atoms with van der Waals surface area (Å²) < 4.78 is 5.46. The minimum Gasteiger partial charge on any atom is -0.466 e. The first-order valence-corrected chi connectivity index (χ1v) is 32.4. The Morgan fingerprint density at radius 3 is 1.11 bits per heavy atom. The van der Waals surface area contributed by atoms with Crippen LogP contribution in [0, 0.1) is 0 Å². The number of aliphatic hydroxyl groups excluding tert-OH is 2. The van der Waals surface area contributed by atoms with Gasteiger partial charge in [0.15, 0.2) is 0 Å². The van der Waals surface area contributed by atoms with E-state index in [4.69, 9.17) is 4.74 Å². The predicted octanol–water partition coefficient (Wildman–Crippen LogP) is 20.5. The second kappa shape index (κ2) is 62.4. The number of hydrogen-bond acceptors (Lipinski definition) is 5. The monoisotopic (exact) mass is 1020 g/mol. The van der Waals surface area contributed by atoms with Gasteiger partial charge in [0.1, 0.15) is 0 Å². The summed E-state index contributed by atoms with van der Waals surface area (Å²) in [6.45, 7) is 4.84. The summed E-state index contributed by atoms with van der Waals surface area (Å²) in [5.41, 5.74) is 0. The zero-order chi connectivity index (χ0) is 52.9. The van der Waals surface area contributed by atoms with E-state index in [1.54, 1.807) is 6.08 Å². The van der Waals surface area contributed by atoms with E-state index in [0.717, 1.165) is 70.6 Å². The fraction of sp³-hybridized carbons (Fsp3) is 0.851. The Morgan fingerprint density at radius 1 is 0.384 bits per heavy atom. The molecule has 0 radical (unpaired) electrons. The lowest BCUT2D eigenvalue weighted by molar-refractivity contribution is -0.143. The van der Waals surface area contributed by atoms with Gasteiger partial charge in [-0.3, -0.25) is 9.59 Å². The van der Waals surface area contributed by atoms with Gasteiger partial charge in [-0.05, 0) is 83.5 Å². The average molecular weight is 1020 g/mol. The topological polar surface area (TPSA) is 95.9 Å². The molecule has 0 spiro atoms. The molecular formula is C67H125NO5. The highest BCUT2D eigenvalue weighted by molar-refractivity contribution is 5.76. The Morgan fingerprint density at radius 2 is 0.712 bits per heavy atom. The molecule has 6 nitrogen and oxygen atoms in total. The molecule has 0 aliphatic carbocycles. The van der Waals surface area contributed by atoms with Gasteiger partial charge in [0, 0.05) is 12.8 Å². The predicted molar refractivity (Wildman–Crippen MR) is 319 cm³/mol. The second-order valence-corrected chi connectivity index (χ2v) is 22.1. The van der Waals surface area contributed by atoms with E-state index in [0.29, 0.717) is 19.4 Å². The van der Waals surface area contributed by atoms with Crippen molar-refractivity contribution in [2.24, 2.45) is 0 Å². The Kier molecular flexibility index (Phi) is 60.5. The zero-order valence-corrected chi connectivity index (χ0v) is 48.9. The van der Waals surface area contributed by atoms with Gasteiger partial charge in [0.05, 0.1) is 25.4 Å². The summed E-state index contributed by atoms with van der Waals surface area (Å²) in [5, 5.41) is 23.2. The maximum Gasteiger partial charge on any atom is 0.305 e. The third-order valence-electron chi connectivity index (χ3n) is 14.8. The van der Waals surface area contributed by atoms with Crippen molar-refractivity contribution in [2.45, 2.75) is 353 Å². The number of ether oxygens (including phenoxy) is 1. The van der Waals surface area contributed by atoms with Gasteiger partial charge in [0.25, 0.3) is 0 Å². The highest BCUT2D eigenvalue weighted by Crippen LogP contribution is 2.17. The van der Waals surface area contributed by atoms with Crippen molar-refractivity contribution < 1.29 is 24.5 Å². The van der Waals surface area contributed by atoms with Crippen molar-refractivity contribution >= 4 is 11.9 Å². The molecule has 0 aromatic heterocycles. The summed E-state index contributed by atoms with van der Waals surface area (Å²) in [5.74, 6) is -0.0933. The van der Waals surface area contributed by atoms with Crippen LogP contribution in [0.5, 0.6) is 0 Å². The van der Waals surface area contributed by atoms with Gasteiger partial charge in [-0.25, -0.2) is 0 Å². The fourth-order valence-electron chi connectivity index (χ4n) is 9.84. The molecule has 3 N–H and O–H groups in total. The molecule has 0 saturated carbocycles. The SMILES string of the molecule is CCC/C=C\C/C=C\CCCCCCCC(=O)OCCCCCCCCCCC/C=C\CCCCCCCC(=O)NC(CO)C(O)/C=C/CCCCCCCCCCCCCCCCCCCCCCCCC. The summed E-state index contributed by atoms with van der Waals surface area (Å²) in [6.07, 6.45) is 80.2. The summed E-state index contributed by atoms with van der Waals surface area (Å²) >= 11 is 0. The smallest absolute Gasteiger partial charge is 0.305 e. The normalized spacial score (nSPS) is 12.9. The first kappa shape index (κ1) is 70.8. The van der Waals surface area contributed by atoms with E-state index in [1.165, 1.54) is 244 Å². The first-order valence-electron chi connectivity index (χ1n) is 32.4. The minimum atomic E-state index is -0.856. The highest BCUT2D eigenvalue weighted by Gasteiger charge is 2.18. The molecule has 0 fully saturated rings. The maximum atomic E-state index is 12.5. The van der Waals surface area contributed by atoms with Crippen LogP contribution in [0.15, 0.2) is 48.6 Å². The molecule has 73 heavy (non-hydrogen) atoms. The molecule has 1 amide bonds. The fourth-order valence-corrected chi connectivity index (χ4v) is 9.84. The van der Waals surface area contributed by atoms with Crippen LogP contribution in [0.25, 0.3) is 0 Å². The number of rotatable bonds is 60. The van der Waals surface area contributed by atoms with Crippen molar-refractivity contribution in [2.75, 3.05) is 13.2 Å². The third-order valence-corrected chi connectivity index (χ3v) is 14.8. The van der Waals surface area contributed by atoms with Crippen LogP contribution in [0.2, 0.25) is 0 Å². The van der Waals surface area contributed by atoms with Gasteiger partial charge in [-0.2, -0.15) is 0 Å². The molecule has 2 unspecified atom stereocenters. The number of esters is 1. The van der Waals surface area contributed by atoms with E-state index >= 15 is 0 Å². The molecule has 0 aromatic carbocycles. The molecule has 0 aliphatic heterocycles. The molecule has 0 aliphatic rings. The van der Waals surface area contributed by atoms with E-state index in [-0.39, 0.29) is 18.5 Å². The maximum absolute atomic E-state index is 12.5. The molecular weight excluding hydrogens is 899 g/mol.